The van der Waals surface area contributed by atoms with Crippen LogP contribution < -0.4 is 4.74 Å². The zero-order chi connectivity index (χ0) is 18.5. The van der Waals surface area contributed by atoms with Gasteiger partial charge < -0.3 is 19.4 Å². The van der Waals surface area contributed by atoms with E-state index < -0.39 is 17.1 Å². The molecule has 5 heteroatoms. The minimum Gasteiger partial charge on any atom is -0.504 e. The van der Waals surface area contributed by atoms with E-state index in [4.69, 9.17) is 4.74 Å². The molecule has 2 bridgehead atoms. The van der Waals surface area contributed by atoms with E-state index in [1.54, 1.807) is 6.07 Å². The van der Waals surface area contributed by atoms with E-state index in [0.29, 0.717) is 24.5 Å². The molecular formula is C21H28NO4+. The highest BCUT2D eigenvalue weighted by Crippen LogP contribution is 2.65. The molecule has 1 spiro atoms. The van der Waals surface area contributed by atoms with Crippen LogP contribution >= 0.6 is 0 Å². The first kappa shape index (κ1) is 16.6. The van der Waals surface area contributed by atoms with Gasteiger partial charge in [-0.15, -0.1) is 0 Å². The Balaban J connectivity index is 1.77. The maximum atomic E-state index is 12.8. The lowest BCUT2D eigenvalue weighted by Crippen LogP contribution is -2.81. The van der Waals surface area contributed by atoms with Crippen molar-refractivity contribution in [1.82, 2.24) is 0 Å². The van der Waals surface area contributed by atoms with Crippen LogP contribution in [0.5, 0.6) is 11.5 Å². The third-order valence-corrected chi connectivity index (χ3v) is 7.69. The van der Waals surface area contributed by atoms with Crippen LogP contribution in [0.4, 0.5) is 0 Å². The van der Waals surface area contributed by atoms with Crippen LogP contribution in [0.1, 0.15) is 44.2 Å². The number of ketones is 1. The van der Waals surface area contributed by atoms with Gasteiger partial charge in [0.05, 0.1) is 25.6 Å². The molecule has 5 atom stereocenters. The van der Waals surface area contributed by atoms with Gasteiger partial charge in [-0.3, -0.25) is 4.79 Å². The van der Waals surface area contributed by atoms with Crippen molar-refractivity contribution >= 4 is 5.78 Å². The number of benzene rings is 1. The number of aromatic hydroxyl groups is 1. The topological polar surface area (TPSA) is 66.8 Å². The van der Waals surface area contributed by atoms with Crippen molar-refractivity contribution < 1.29 is 24.2 Å². The smallest absolute Gasteiger partial charge is 0.174 e. The summed E-state index contributed by atoms with van der Waals surface area (Å²) in [6, 6.07) is 3.71. The summed E-state index contributed by atoms with van der Waals surface area (Å²) in [5.74, 6) is 1.14. The van der Waals surface area contributed by atoms with Crippen LogP contribution in [0.2, 0.25) is 0 Å². The number of hydrogen-bond donors (Lipinski definition) is 2. The first-order valence-electron chi connectivity index (χ1n) is 9.84. The minimum atomic E-state index is -0.959. The van der Waals surface area contributed by atoms with E-state index >= 15 is 0 Å². The highest BCUT2D eigenvalue weighted by Gasteiger charge is 2.76. The number of aliphatic hydroxyl groups is 1. The fourth-order valence-corrected chi connectivity index (χ4v) is 6.88. The van der Waals surface area contributed by atoms with Crippen molar-refractivity contribution in [3.63, 3.8) is 0 Å². The summed E-state index contributed by atoms with van der Waals surface area (Å²) in [6.07, 6.45) is 1.69. The Morgan fingerprint density at radius 2 is 2.12 bits per heavy atom. The average Bonchev–Trinajstić information content (AvgIpc) is 2.92. The van der Waals surface area contributed by atoms with Gasteiger partial charge in [-0.25, -0.2) is 0 Å². The quantitative estimate of drug-likeness (QED) is 0.793. The van der Waals surface area contributed by atoms with Gasteiger partial charge in [0.2, 0.25) is 0 Å². The highest BCUT2D eigenvalue weighted by molar-refractivity contribution is 5.90. The molecule has 2 aliphatic heterocycles. The first-order chi connectivity index (χ1) is 12.2. The molecule has 140 valence electrons. The summed E-state index contributed by atoms with van der Waals surface area (Å²) < 4.78 is 6.91. The standard InChI is InChI=1S/C21H27NO4/c1-12(2)11-22(3)9-8-20-17-13-4-5-14(23)18(17)26-19(20)15(24)6-7-21(20,25)16(22)10-13/h4-5,12,16,19,25H,6-11H2,1-3H3/p+1/t16-,19+,20+,21-,22?/m1/s1. The third kappa shape index (κ3) is 1.67. The van der Waals surface area contributed by atoms with Gasteiger partial charge in [0.1, 0.15) is 11.6 Å². The lowest BCUT2D eigenvalue weighted by atomic mass is 9.48. The van der Waals surface area contributed by atoms with Gasteiger partial charge in [-0.05, 0) is 18.1 Å². The van der Waals surface area contributed by atoms with E-state index in [0.717, 1.165) is 41.5 Å². The Labute approximate surface area is 154 Å². The summed E-state index contributed by atoms with van der Waals surface area (Å²) in [5.41, 5.74) is 0.408. The number of likely N-dealkylation sites (N-methyl/N-ethyl adjacent to an activating group) is 1. The first-order valence-corrected chi connectivity index (χ1v) is 9.84. The number of Topliss-reactive ketones (excluding diaryl/α,β-unsaturated/α-hetero) is 1. The molecule has 1 saturated carbocycles. The summed E-state index contributed by atoms with van der Waals surface area (Å²) >= 11 is 0. The molecule has 0 amide bonds. The normalized spacial score (nSPS) is 42.6. The Bertz CT molecular complexity index is 820. The van der Waals surface area contributed by atoms with Crippen LogP contribution in [0, 0.1) is 5.92 Å². The van der Waals surface area contributed by atoms with Crippen LogP contribution in [0.25, 0.3) is 0 Å². The molecule has 2 N–H and O–H groups in total. The molecule has 2 aliphatic carbocycles. The number of phenolic OH excluding ortho intramolecular Hbond substituents is 1. The summed E-state index contributed by atoms with van der Waals surface area (Å²) in [6.45, 7) is 6.41. The van der Waals surface area contributed by atoms with Gasteiger partial charge in [-0.1, -0.05) is 19.9 Å². The number of ether oxygens (including phenoxy) is 1. The lowest BCUT2D eigenvalue weighted by molar-refractivity contribution is -0.951. The van der Waals surface area contributed by atoms with Crippen LogP contribution in [-0.4, -0.2) is 58.4 Å². The van der Waals surface area contributed by atoms with E-state index in [1.165, 1.54) is 0 Å². The Hall–Kier alpha value is -1.59. The zero-order valence-electron chi connectivity index (χ0n) is 15.8. The molecule has 5 nitrogen and oxygen atoms in total. The third-order valence-electron chi connectivity index (χ3n) is 7.69. The largest absolute Gasteiger partial charge is 0.504 e. The number of rotatable bonds is 2. The van der Waals surface area contributed by atoms with Crippen molar-refractivity contribution in [1.29, 1.82) is 0 Å². The fraction of sp³-hybridized carbons (Fsp3) is 0.667. The van der Waals surface area contributed by atoms with Crippen molar-refractivity contribution in [3.05, 3.63) is 23.3 Å². The van der Waals surface area contributed by atoms with Gasteiger partial charge in [0.15, 0.2) is 23.4 Å². The van der Waals surface area contributed by atoms with Crippen molar-refractivity contribution in [2.24, 2.45) is 5.92 Å². The molecule has 0 aromatic heterocycles. The zero-order valence-corrected chi connectivity index (χ0v) is 15.8. The molecule has 5 rings (SSSR count). The minimum absolute atomic E-state index is 0.0563. The van der Waals surface area contributed by atoms with E-state index in [9.17, 15) is 15.0 Å². The molecule has 1 saturated heterocycles. The summed E-state index contributed by atoms with van der Waals surface area (Å²) in [5, 5.41) is 22.5. The number of hydrogen-bond acceptors (Lipinski definition) is 4. The Morgan fingerprint density at radius 3 is 2.85 bits per heavy atom. The number of piperidine rings is 1. The second-order valence-electron chi connectivity index (χ2n) is 9.56. The van der Waals surface area contributed by atoms with Crippen molar-refractivity contribution in [2.75, 3.05) is 20.1 Å². The number of quaternary nitrogens is 1. The second-order valence-corrected chi connectivity index (χ2v) is 9.56. The fourth-order valence-electron chi connectivity index (χ4n) is 6.88. The van der Waals surface area contributed by atoms with E-state index in [-0.39, 0.29) is 17.6 Å². The summed E-state index contributed by atoms with van der Waals surface area (Å²) in [4.78, 5) is 12.8. The predicted octanol–water partition coefficient (Wildman–Crippen LogP) is 1.92. The Kier molecular flexibility index (Phi) is 3.07. The van der Waals surface area contributed by atoms with Crippen molar-refractivity contribution in [3.8, 4) is 11.5 Å². The molecule has 1 aromatic rings. The van der Waals surface area contributed by atoms with Crippen LogP contribution in [-0.2, 0) is 16.6 Å². The lowest BCUT2D eigenvalue weighted by Gasteiger charge is -2.64. The number of carbonyl (C=O) groups excluding carboxylic acids is 1. The molecule has 26 heavy (non-hydrogen) atoms. The van der Waals surface area contributed by atoms with E-state index in [1.807, 2.05) is 6.07 Å². The summed E-state index contributed by atoms with van der Waals surface area (Å²) in [7, 11) is 2.27. The SMILES string of the molecule is CC(C)C[N+]1(C)CC[C@]23c4c5ccc(O)c4O[C@H]2C(=O)CC[C@@]3(O)[C@H]1C5. The predicted molar refractivity (Wildman–Crippen MR) is 96.3 cm³/mol. The molecule has 2 fully saturated rings. The second kappa shape index (κ2) is 4.82. The maximum Gasteiger partial charge on any atom is 0.174 e. The van der Waals surface area contributed by atoms with Gasteiger partial charge >= 0.3 is 0 Å². The van der Waals surface area contributed by atoms with Crippen molar-refractivity contribution in [2.45, 2.75) is 62.7 Å². The number of likely N-dealkylation sites (tertiary alicyclic amines) is 1. The van der Waals surface area contributed by atoms with Crippen LogP contribution in [0.3, 0.4) is 0 Å². The Morgan fingerprint density at radius 1 is 1.35 bits per heavy atom. The highest BCUT2D eigenvalue weighted by atomic mass is 16.5. The molecule has 1 unspecified atom stereocenters. The van der Waals surface area contributed by atoms with Gasteiger partial charge in [-0.2, -0.15) is 0 Å². The monoisotopic (exact) mass is 358 g/mol. The maximum absolute atomic E-state index is 12.8. The molecule has 2 heterocycles. The average molecular weight is 358 g/mol. The molecular weight excluding hydrogens is 330 g/mol. The number of carbonyl (C=O) groups is 1. The number of phenols is 1. The van der Waals surface area contributed by atoms with E-state index in [2.05, 4.69) is 20.9 Å². The molecule has 0 radical (unpaired) electrons. The van der Waals surface area contributed by atoms with Gasteiger partial charge in [0, 0.05) is 30.7 Å². The molecule has 1 aromatic carbocycles. The van der Waals surface area contributed by atoms with Crippen LogP contribution in [0.15, 0.2) is 12.1 Å². The molecule has 4 aliphatic rings. The van der Waals surface area contributed by atoms with Gasteiger partial charge in [0.25, 0.3) is 0 Å². The number of nitrogens with zero attached hydrogens (tertiary/aromatic N) is 1.